The van der Waals surface area contributed by atoms with E-state index in [4.69, 9.17) is 0 Å². The van der Waals surface area contributed by atoms with Crippen molar-refractivity contribution in [2.45, 2.75) is 26.9 Å². The SMILES string of the molecule is CNCc1cn(CCN(C)CC(C)C)nn1. The third-order valence-corrected chi connectivity index (χ3v) is 2.33. The van der Waals surface area contributed by atoms with Gasteiger partial charge in [0.2, 0.25) is 0 Å². The van der Waals surface area contributed by atoms with Gasteiger partial charge in [0.15, 0.2) is 0 Å². The molecule has 1 aromatic rings. The van der Waals surface area contributed by atoms with Crippen LogP contribution in [0.4, 0.5) is 0 Å². The molecule has 0 aliphatic carbocycles. The summed E-state index contributed by atoms with van der Waals surface area (Å²) < 4.78 is 1.91. The second-order valence-corrected chi connectivity index (χ2v) is 4.66. The number of nitrogens with zero attached hydrogens (tertiary/aromatic N) is 4. The molecule has 0 unspecified atom stereocenters. The van der Waals surface area contributed by atoms with Crippen LogP contribution in [-0.4, -0.2) is 47.1 Å². The Morgan fingerprint density at radius 3 is 2.88 bits per heavy atom. The number of hydrogen-bond acceptors (Lipinski definition) is 4. The number of nitrogens with one attached hydrogen (secondary N) is 1. The maximum atomic E-state index is 4.09. The molecule has 1 heterocycles. The summed E-state index contributed by atoms with van der Waals surface area (Å²) in [4.78, 5) is 2.32. The fraction of sp³-hybridized carbons (Fsp3) is 0.818. The summed E-state index contributed by atoms with van der Waals surface area (Å²) in [6.07, 6.45) is 2.00. The highest BCUT2D eigenvalue weighted by Gasteiger charge is 2.03. The van der Waals surface area contributed by atoms with Gasteiger partial charge < -0.3 is 10.2 Å². The molecule has 1 N–H and O–H groups in total. The fourth-order valence-electron chi connectivity index (χ4n) is 1.70. The second-order valence-electron chi connectivity index (χ2n) is 4.66. The Bertz CT molecular complexity index is 294. The van der Waals surface area contributed by atoms with Crippen LogP contribution in [0.15, 0.2) is 6.20 Å². The van der Waals surface area contributed by atoms with Crippen molar-refractivity contribution < 1.29 is 0 Å². The third kappa shape index (κ3) is 4.72. The monoisotopic (exact) mass is 225 g/mol. The van der Waals surface area contributed by atoms with Crippen molar-refractivity contribution in [1.82, 2.24) is 25.2 Å². The summed E-state index contributed by atoms with van der Waals surface area (Å²) in [7, 11) is 4.06. The van der Waals surface area contributed by atoms with Crippen molar-refractivity contribution in [3.05, 3.63) is 11.9 Å². The van der Waals surface area contributed by atoms with E-state index in [-0.39, 0.29) is 0 Å². The fourth-order valence-corrected chi connectivity index (χ4v) is 1.70. The van der Waals surface area contributed by atoms with Gasteiger partial charge in [-0.05, 0) is 20.0 Å². The third-order valence-electron chi connectivity index (χ3n) is 2.33. The van der Waals surface area contributed by atoms with Crippen molar-refractivity contribution in [3.63, 3.8) is 0 Å². The highest BCUT2D eigenvalue weighted by atomic mass is 15.4. The minimum Gasteiger partial charge on any atom is -0.314 e. The Morgan fingerprint density at radius 1 is 1.50 bits per heavy atom. The molecule has 0 amide bonds. The van der Waals surface area contributed by atoms with Crippen LogP contribution in [0.25, 0.3) is 0 Å². The Morgan fingerprint density at radius 2 is 2.25 bits per heavy atom. The van der Waals surface area contributed by atoms with E-state index < -0.39 is 0 Å². The molecule has 0 bridgehead atoms. The van der Waals surface area contributed by atoms with E-state index in [2.05, 4.69) is 41.4 Å². The van der Waals surface area contributed by atoms with Crippen molar-refractivity contribution in [1.29, 1.82) is 0 Å². The van der Waals surface area contributed by atoms with E-state index in [0.29, 0.717) is 5.92 Å². The van der Waals surface area contributed by atoms with Crippen LogP contribution >= 0.6 is 0 Å². The first-order chi connectivity index (χ1) is 7.61. The smallest absolute Gasteiger partial charge is 0.0964 e. The summed E-state index contributed by atoms with van der Waals surface area (Å²) in [5.74, 6) is 0.709. The minimum absolute atomic E-state index is 0.709. The van der Waals surface area contributed by atoms with Gasteiger partial charge in [-0.15, -0.1) is 5.10 Å². The molecule has 1 rings (SSSR count). The molecule has 0 spiro atoms. The molecule has 1 aromatic heterocycles. The van der Waals surface area contributed by atoms with Gasteiger partial charge in [-0.1, -0.05) is 19.1 Å². The Hall–Kier alpha value is -0.940. The van der Waals surface area contributed by atoms with Crippen LogP contribution in [-0.2, 0) is 13.1 Å². The van der Waals surface area contributed by atoms with E-state index >= 15 is 0 Å². The van der Waals surface area contributed by atoms with Gasteiger partial charge in [0.05, 0.1) is 12.2 Å². The second kappa shape index (κ2) is 6.60. The number of likely N-dealkylation sites (N-methyl/N-ethyl adjacent to an activating group) is 1. The standard InChI is InChI=1S/C11H23N5/c1-10(2)8-15(4)5-6-16-9-11(7-12-3)13-14-16/h9-10,12H,5-8H2,1-4H3. The molecule has 0 saturated carbocycles. The molecule has 0 saturated heterocycles. The zero-order valence-electron chi connectivity index (χ0n) is 10.8. The van der Waals surface area contributed by atoms with Crippen LogP contribution in [0.1, 0.15) is 19.5 Å². The Balaban J connectivity index is 2.30. The lowest BCUT2D eigenvalue weighted by atomic mass is 10.2. The predicted molar refractivity (Wildman–Crippen MR) is 65.1 cm³/mol. The van der Waals surface area contributed by atoms with Crippen molar-refractivity contribution in [3.8, 4) is 0 Å². The molecule has 0 aromatic carbocycles. The topological polar surface area (TPSA) is 46.0 Å². The maximum Gasteiger partial charge on any atom is 0.0964 e. The van der Waals surface area contributed by atoms with Gasteiger partial charge in [-0.25, -0.2) is 0 Å². The Kier molecular flexibility index (Phi) is 5.42. The molecule has 5 heteroatoms. The number of aromatic nitrogens is 3. The van der Waals surface area contributed by atoms with E-state index in [0.717, 1.165) is 31.9 Å². The molecule has 0 aliphatic rings. The summed E-state index contributed by atoms with van der Waals surface area (Å²) >= 11 is 0. The van der Waals surface area contributed by atoms with E-state index in [1.165, 1.54) is 0 Å². The van der Waals surface area contributed by atoms with Gasteiger partial charge >= 0.3 is 0 Å². The highest BCUT2D eigenvalue weighted by molar-refractivity contribution is 4.90. The van der Waals surface area contributed by atoms with Gasteiger partial charge in [-0.3, -0.25) is 4.68 Å². The van der Waals surface area contributed by atoms with Crippen molar-refractivity contribution >= 4 is 0 Å². The van der Waals surface area contributed by atoms with Crippen molar-refractivity contribution in [2.24, 2.45) is 5.92 Å². The van der Waals surface area contributed by atoms with Gasteiger partial charge in [0.25, 0.3) is 0 Å². The number of rotatable bonds is 7. The molecule has 0 atom stereocenters. The predicted octanol–water partition coefficient (Wildman–Crippen LogP) is 0.585. The zero-order valence-corrected chi connectivity index (χ0v) is 10.8. The number of hydrogen-bond donors (Lipinski definition) is 1. The molecule has 0 radical (unpaired) electrons. The van der Waals surface area contributed by atoms with Crippen LogP contribution in [0.2, 0.25) is 0 Å². The largest absolute Gasteiger partial charge is 0.314 e. The van der Waals surface area contributed by atoms with Gasteiger partial charge in [0.1, 0.15) is 0 Å². The van der Waals surface area contributed by atoms with Crippen LogP contribution in [0.3, 0.4) is 0 Å². The first kappa shape index (κ1) is 13.1. The van der Waals surface area contributed by atoms with Gasteiger partial charge in [0, 0.05) is 25.8 Å². The van der Waals surface area contributed by atoms with E-state index in [1.807, 2.05) is 17.9 Å². The summed E-state index contributed by atoms with van der Waals surface area (Å²) in [6, 6.07) is 0. The van der Waals surface area contributed by atoms with E-state index in [1.54, 1.807) is 0 Å². The van der Waals surface area contributed by atoms with Crippen molar-refractivity contribution in [2.75, 3.05) is 27.2 Å². The first-order valence-electron chi connectivity index (χ1n) is 5.84. The average molecular weight is 225 g/mol. The lowest BCUT2D eigenvalue weighted by Gasteiger charge is -2.18. The molecule has 5 nitrogen and oxygen atoms in total. The Labute approximate surface area is 97.8 Å². The normalized spacial score (nSPS) is 11.6. The van der Waals surface area contributed by atoms with Gasteiger partial charge in [-0.2, -0.15) is 0 Å². The summed E-state index contributed by atoms with van der Waals surface area (Å²) in [5.41, 5.74) is 0.994. The lowest BCUT2D eigenvalue weighted by molar-refractivity contribution is 0.278. The van der Waals surface area contributed by atoms with E-state index in [9.17, 15) is 0 Å². The quantitative estimate of drug-likeness (QED) is 0.737. The summed E-state index contributed by atoms with van der Waals surface area (Å²) in [5, 5.41) is 11.2. The molecular weight excluding hydrogens is 202 g/mol. The first-order valence-corrected chi connectivity index (χ1v) is 5.84. The van der Waals surface area contributed by atoms with Crippen LogP contribution in [0, 0.1) is 5.92 Å². The maximum absolute atomic E-state index is 4.09. The molecule has 16 heavy (non-hydrogen) atoms. The molecule has 0 fully saturated rings. The lowest BCUT2D eigenvalue weighted by Crippen LogP contribution is -2.27. The molecule has 0 aliphatic heterocycles. The molecule has 92 valence electrons. The highest BCUT2D eigenvalue weighted by Crippen LogP contribution is 1.97. The van der Waals surface area contributed by atoms with Crippen LogP contribution in [0.5, 0.6) is 0 Å². The average Bonchev–Trinajstić information content (AvgIpc) is 2.62. The molecular formula is C11H23N5. The van der Waals surface area contributed by atoms with Crippen LogP contribution < -0.4 is 5.32 Å². The minimum atomic E-state index is 0.709. The summed E-state index contributed by atoms with van der Waals surface area (Å²) in [6.45, 7) is 8.29. The zero-order chi connectivity index (χ0) is 12.0.